The molecule has 0 aromatic carbocycles. The van der Waals surface area contributed by atoms with E-state index in [0.717, 1.165) is 19.4 Å². The van der Waals surface area contributed by atoms with E-state index in [0.29, 0.717) is 13.2 Å². The molecule has 0 saturated carbocycles. The number of carbonyl (C=O) groups excluding carboxylic acids is 2. The molecular formula is C16H27NO4. The normalized spacial score (nSPS) is 36.6. The summed E-state index contributed by atoms with van der Waals surface area (Å²) >= 11 is 0. The van der Waals surface area contributed by atoms with Crippen molar-refractivity contribution in [1.82, 2.24) is 4.90 Å². The summed E-state index contributed by atoms with van der Waals surface area (Å²) in [5, 5.41) is 0. The highest BCUT2D eigenvalue weighted by atomic mass is 16.5. The van der Waals surface area contributed by atoms with E-state index in [1.165, 1.54) is 0 Å². The molecule has 2 aliphatic rings. The second kappa shape index (κ2) is 6.77. The lowest BCUT2D eigenvalue weighted by molar-refractivity contribution is -0.152. The molecule has 21 heavy (non-hydrogen) atoms. The van der Waals surface area contributed by atoms with Gasteiger partial charge in [-0.15, -0.1) is 0 Å². The Balaban J connectivity index is 2.00. The highest BCUT2D eigenvalue weighted by Crippen LogP contribution is 2.34. The number of esters is 1. The van der Waals surface area contributed by atoms with Crippen LogP contribution in [-0.2, 0) is 19.1 Å². The van der Waals surface area contributed by atoms with E-state index in [1.54, 1.807) is 0 Å². The Morgan fingerprint density at radius 2 is 1.95 bits per heavy atom. The maximum atomic E-state index is 12.8. The van der Waals surface area contributed by atoms with Crippen molar-refractivity contribution in [2.75, 3.05) is 19.7 Å². The van der Waals surface area contributed by atoms with Gasteiger partial charge in [-0.3, -0.25) is 9.59 Å². The predicted octanol–water partition coefficient (Wildman–Crippen LogP) is 1.85. The summed E-state index contributed by atoms with van der Waals surface area (Å²) in [5.74, 6) is -0.0927. The topological polar surface area (TPSA) is 55.8 Å². The minimum atomic E-state index is -0.174. The molecule has 0 spiro atoms. The lowest BCUT2D eigenvalue weighted by Gasteiger charge is -2.34. The minimum Gasteiger partial charge on any atom is -0.466 e. The molecule has 0 radical (unpaired) electrons. The van der Waals surface area contributed by atoms with Crippen LogP contribution in [0.25, 0.3) is 0 Å². The first kappa shape index (κ1) is 16.3. The molecule has 2 aliphatic heterocycles. The number of rotatable bonds is 3. The van der Waals surface area contributed by atoms with Crippen LogP contribution in [-0.4, -0.2) is 48.7 Å². The quantitative estimate of drug-likeness (QED) is 0.746. The highest BCUT2D eigenvalue weighted by molar-refractivity contribution is 5.81. The molecule has 2 heterocycles. The Kier molecular flexibility index (Phi) is 5.25. The van der Waals surface area contributed by atoms with Gasteiger partial charge < -0.3 is 14.4 Å². The maximum absolute atomic E-state index is 12.8. The second-order valence-corrected chi connectivity index (χ2v) is 6.31. The van der Waals surface area contributed by atoms with Crippen LogP contribution < -0.4 is 0 Å². The van der Waals surface area contributed by atoms with Crippen LogP contribution in [0.2, 0.25) is 0 Å². The Morgan fingerprint density at radius 1 is 1.24 bits per heavy atom. The summed E-state index contributed by atoms with van der Waals surface area (Å²) in [6, 6.07) is 0. The fraction of sp³-hybridized carbons (Fsp3) is 0.875. The first-order valence-corrected chi connectivity index (χ1v) is 8.06. The molecule has 120 valence electrons. The molecule has 5 heteroatoms. The van der Waals surface area contributed by atoms with Gasteiger partial charge in [-0.1, -0.05) is 6.92 Å². The average molecular weight is 297 g/mol. The number of piperidine rings is 1. The van der Waals surface area contributed by atoms with Gasteiger partial charge >= 0.3 is 5.97 Å². The van der Waals surface area contributed by atoms with Crippen molar-refractivity contribution in [3.8, 4) is 0 Å². The number of hydrogen-bond donors (Lipinski definition) is 0. The van der Waals surface area contributed by atoms with Crippen LogP contribution >= 0.6 is 0 Å². The zero-order valence-corrected chi connectivity index (χ0v) is 13.5. The molecule has 2 fully saturated rings. The van der Waals surface area contributed by atoms with Crippen molar-refractivity contribution in [1.29, 1.82) is 0 Å². The standard InChI is InChI=1S/C16H27NO4/c1-5-20-16(19)13-7-6-8-17(9-13)15(18)14-10(2)11(3)21-12(14)4/h10-14H,5-9H2,1-4H3/t10?,11?,12?,13-,14?/m0/s1. The van der Waals surface area contributed by atoms with E-state index >= 15 is 0 Å². The third-order valence-corrected chi connectivity index (χ3v) is 4.88. The first-order valence-electron chi connectivity index (χ1n) is 8.06. The van der Waals surface area contributed by atoms with Gasteiger partial charge in [0.15, 0.2) is 0 Å². The zero-order chi connectivity index (χ0) is 15.6. The van der Waals surface area contributed by atoms with Crippen LogP contribution in [0.15, 0.2) is 0 Å². The van der Waals surface area contributed by atoms with Gasteiger partial charge in [0.2, 0.25) is 5.91 Å². The van der Waals surface area contributed by atoms with Gasteiger partial charge in [0.05, 0.1) is 30.7 Å². The molecule has 0 bridgehead atoms. The fourth-order valence-electron chi connectivity index (χ4n) is 3.53. The van der Waals surface area contributed by atoms with Gasteiger partial charge in [0, 0.05) is 13.1 Å². The summed E-state index contributed by atoms with van der Waals surface area (Å²) in [5.41, 5.74) is 0. The van der Waals surface area contributed by atoms with Crippen molar-refractivity contribution >= 4 is 11.9 Å². The zero-order valence-electron chi connectivity index (χ0n) is 13.5. The van der Waals surface area contributed by atoms with Gasteiger partial charge in [-0.2, -0.15) is 0 Å². The molecule has 5 atom stereocenters. The van der Waals surface area contributed by atoms with E-state index in [1.807, 2.05) is 25.7 Å². The van der Waals surface area contributed by atoms with Gasteiger partial charge in [-0.25, -0.2) is 0 Å². The molecule has 0 aromatic heterocycles. The fourth-order valence-corrected chi connectivity index (χ4v) is 3.53. The number of nitrogens with zero attached hydrogens (tertiary/aromatic N) is 1. The van der Waals surface area contributed by atoms with Crippen molar-refractivity contribution < 1.29 is 19.1 Å². The third-order valence-electron chi connectivity index (χ3n) is 4.88. The number of likely N-dealkylation sites (tertiary alicyclic amines) is 1. The van der Waals surface area contributed by atoms with Crippen molar-refractivity contribution in [3.05, 3.63) is 0 Å². The number of amides is 1. The largest absolute Gasteiger partial charge is 0.466 e. The predicted molar refractivity (Wildman–Crippen MR) is 78.6 cm³/mol. The van der Waals surface area contributed by atoms with Crippen LogP contribution in [0.5, 0.6) is 0 Å². The highest BCUT2D eigenvalue weighted by Gasteiger charge is 2.44. The summed E-state index contributed by atoms with van der Waals surface area (Å²) in [6.07, 6.45) is 1.73. The smallest absolute Gasteiger partial charge is 0.310 e. The molecule has 5 nitrogen and oxygen atoms in total. The van der Waals surface area contributed by atoms with Crippen molar-refractivity contribution in [2.24, 2.45) is 17.8 Å². The Morgan fingerprint density at radius 3 is 2.52 bits per heavy atom. The van der Waals surface area contributed by atoms with Crippen molar-refractivity contribution in [3.63, 3.8) is 0 Å². The maximum Gasteiger partial charge on any atom is 0.310 e. The number of ether oxygens (including phenoxy) is 2. The monoisotopic (exact) mass is 297 g/mol. The van der Waals surface area contributed by atoms with Crippen molar-refractivity contribution in [2.45, 2.75) is 52.7 Å². The molecule has 4 unspecified atom stereocenters. The summed E-state index contributed by atoms with van der Waals surface area (Å²) in [4.78, 5) is 26.5. The first-order chi connectivity index (χ1) is 9.95. The SMILES string of the molecule is CCOC(=O)[C@H]1CCCN(C(=O)C2C(C)OC(C)C2C)C1. The third kappa shape index (κ3) is 3.39. The van der Waals surface area contributed by atoms with Crippen LogP contribution in [0, 0.1) is 17.8 Å². The van der Waals surface area contributed by atoms with E-state index < -0.39 is 0 Å². The number of hydrogen-bond acceptors (Lipinski definition) is 4. The van der Waals surface area contributed by atoms with E-state index in [9.17, 15) is 9.59 Å². The van der Waals surface area contributed by atoms with Crippen LogP contribution in [0.1, 0.15) is 40.5 Å². The van der Waals surface area contributed by atoms with Crippen LogP contribution in [0.4, 0.5) is 0 Å². The Hall–Kier alpha value is -1.10. The molecule has 2 saturated heterocycles. The summed E-state index contributed by atoms with van der Waals surface area (Å²) in [6.45, 7) is 9.49. The minimum absolute atomic E-state index is 0.0505. The number of carbonyl (C=O) groups is 2. The molecule has 0 aromatic rings. The molecular weight excluding hydrogens is 270 g/mol. The lowest BCUT2D eigenvalue weighted by atomic mass is 9.87. The molecule has 1 amide bonds. The van der Waals surface area contributed by atoms with E-state index in [4.69, 9.17) is 9.47 Å². The molecule has 0 aliphatic carbocycles. The Bertz CT molecular complexity index is 398. The second-order valence-electron chi connectivity index (χ2n) is 6.31. The average Bonchev–Trinajstić information content (AvgIpc) is 2.72. The van der Waals surface area contributed by atoms with Crippen LogP contribution in [0.3, 0.4) is 0 Å². The lowest BCUT2D eigenvalue weighted by Crippen LogP contribution is -2.47. The van der Waals surface area contributed by atoms with E-state index in [-0.39, 0.29) is 41.8 Å². The van der Waals surface area contributed by atoms with Gasteiger partial charge in [0.1, 0.15) is 0 Å². The molecule has 2 rings (SSSR count). The Labute approximate surface area is 127 Å². The van der Waals surface area contributed by atoms with Gasteiger partial charge in [-0.05, 0) is 39.5 Å². The van der Waals surface area contributed by atoms with E-state index in [2.05, 4.69) is 6.92 Å². The van der Waals surface area contributed by atoms with Gasteiger partial charge in [0.25, 0.3) is 0 Å². The summed E-state index contributed by atoms with van der Waals surface area (Å²) in [7, 11) is 0. The summed E-state index contributed by atoms with van der Waals surface area (Å²) < 4.78 is 10.9. The molecule has 0 N–H and O–H groups in total.